The smallest absolute Gasteiger partial charge is 0.126 e. The van der Waals surface area contributed by atoms with Crippen molar-refractivity contribution in [2.45, 2.75) is 46.7 Å². The van der Waals surface area contributed by atoms with Crippen LogP contribution >= 0.6 is 0 Å². The lowest BCUT2D eigenvalue weighted by atomic mass is 10.1. The van der Waals surface area contributed by atoms with Crippen LogP contribution in [0, 0.1) is 5.92 Å². The molecule has 0 aliphatic heterocycles. The molecule has 0 bridgehead atoms. The summed E-state index contributed by atoms with van der Waals surface area (Å²) in [6, 6.07) is 2.41. The molecule has 0 aromatic carbocycles. The minimum absolute atomic E-state index is 0.471. The van der Waals surface area contributed by atoms with Gasteiger partial charge in [-0.2, -0.15) is 0 Å². The number of ether oxygens (including phenoxy) is 1. The molecule has 0 fully saturated rings. The highest BCUT2D eigenvalue weighted by Crippen LogP contribution is 2.17. The summed E-state index contributed by atoms with van der Waals surface area (Å²) in [5, 5.41) is 3.38. The Morgan fingerprint density at radius 1 is 1.29 bits per heavy atom. The molecule has 1 aromatic rings. The number of aromatic nitrogens is 1. The van der Waals surface area contributed by atoms with Crippen molar-refractivity contribution in [1.29, 1.82) is 0 Å². The van der Waals surface area contributed by atoms with E-state index in [2.05, 4.69) is 38.0 Å². The fraction of sp³-hybridized carbons (Fsp3) is 0.643. The zero-order valence-corrected chi connectivity index (χ0v) is 11.4. The Kier molecular flexibility index (Phi) is 5.98. The summed E-state index contributed by atoms with van der Waals surface area (Å²) in [6.45, 7) is 10.3. The quantitative estimate of drug-likeness (QED) is 0.790. The van der Waals surface area contributed by atoms with Gasteiger partial charge in [-0.05, 0) is 18.4 Å². The standard InChI is InChI=1S/C14H24N2O/c1-11(2)6-8-17-14-5-7-15-9-13(14)10-16-12(3)4/h5,7,9,11-12,16H,6,8,10H2,1-4H3. The van der Waals surface area contributed by atoms with Crippen molar-refractivity contribution in [3.8, 4) is 5.75 Å². The van der Waals surface area contributed by atoms with Gasteiger partial charge >= 0.3 is 0 Å². The Balaban J connectivity index is 2.51. The van der Waals surface area contributed by atoms with Crippen LogP contribution in [0.15, 0.2) is 18.5 Å². The molecule has 0 radical (unpaired) electrons. The van der Waals surface area contributed by atoms with Gasteiger partial charge in [-0.3, -0.25) is 4.98 Å². The third-order valence-electron chi connectivity index (χ3n) is 2.51. The lowest BCUT2D eigenvalue weighted by molar-refractivity contribution is 0.285. The average molecular weight is 236 g/mol. The van der Waals surface area contributed by atoms with E-state index in [4.69, 9.17) is 4.74 Å². The maximum absolute atomic E-state index is 5.80. The first-order chi connectivity index (χ1) is 8.09. The molecule has 0 amide bonds. The van der Waals surface area contributed by atoms with E-state index >= 15 is 0 Å². The van der Waals surface area contributed by atoms with E-state index < -0.39 is 0 Å². The van der Waals surface area contributed by atoms with Gasteiger partial charge in [0.05, 0.1) is 6.61 Å². The maximum atomic E-state index is 5.80. The van der Waals surface area contributed by atoms with Crippen molar-refractivity contribution in [2.75, 3.05) is 6.61 Å². The third kappa shape index (κ3) is 5.68. The van der Waals surface area contributed by atoms with E-state index in [1.807, 2.05) is 12.3 Å². The van der Waals surface area contributed by atoms with Crippen molar-refractivity contribution in [3.05, 3.63) is 24.0 Å². The van der Waals surface area contributed by atoms with Crippen molar-refractivity contribution in [3.63, 3.8) is 0 Å². The number of rotatable bonds is 7. The van der Waals surface area contributed by atoms with Gasteiger partial charge in [-0.15, -0.1) is 0 Å². The summed E-state index contributed by atoms with van der Waals surface area (Å²) in [4.78, 5) is 4.15. The first-order valence-corrected chi connectivity index (χ1v) is 6.38. The molecule has 17 heavy (non-hydrogen) atoms. The van der Waals surface area contributed by atoms with Crippen LogP contribution in [0.3, 0.4) is 0 Å². The Bertz CT molecular complexity index is 324. The van der Waals surface area contributed by atoms with E-state index in [-0.39, 0.29) is 0 Å². The van der Waals surface area contributed by atoms with E-state index in [9.17, 15) is 0 Å². The van der Waals surface area contributed by atoms with Crippen LogP contribution in [0.2, 0.25) is 0 Å². The largest absolute Gasteiger partial charge is 0.493 e. The fourth-order valence-electron chi connectivity index (χ4n) is 1.41. The van der Waals surface area contributed by atoms with Crippen LogP contribution in [0.25, 0.3) is 0 Å². The second kappa shape index (κ2) is 7.28. The number of hydrogen-bond donors (Lipinski definition) is 1. The molecule has 1 aromatic heterocycles. The molecule has 3 heteroatoms. The molecule has 3 nitrogen and oxygen atoms in total. The SMILES string of the molecule is CC(C)CCOc1ccncc1CNC(C)C. The van der Waals surface area contributed by atoms with Gasteiger partial charge in [-0.25, -0.2) is 0 Å². The van der Waals surface area contributed by atoms with Crippen LogP contribution in [0.5, 0.6) is 5.75 Å². The molecular formula is C14H24N2O. The van der Waals surface area contributed by atoms with Crippen molar-refractivity contribution >= 4 is 0 Å². The Labute approximate surface area is 105 Å². The first kappa shape index (κ1) is 14.0. The van der Waals surface area contributed by atoms with Crippen LogP contribution in [-0.4, -0.2) is 17.6 Å². The molecule has 0 aliphatic rings. The average Bonchev–Trinajstić information content (AvgIpc) is 2.27. The van der Waals surface area contributed by atoms with E-state index in [0.717, 1.165) is 30.9 Å². The van der Waals surface area contributed by atoms with E-state index in [1.54, 1.807) is 6.20 Å². The minimum Gasteiger partial charge on any atom is -0.493 e. The van der Waals surface area contributed by atoms with Crippen molar-refractivity contribution < 1.29 is 4.74 Å². The molecule has 0 saturated carbocycles. The van der Waals surface area contributed by atoms with Crippen molar-refractivity contribution in [1.82, 2.24) is 10.3 Å². The van der Waals surface area contributed by atoms with Gasteiger partial charge in [0.2, 0.25) is 0 Å². The fourth-order valence-corrected chi connectivity index (χ4v) is 1.41. The van der Waals surface area contributed by atoms with Gasteiger partial charge in [0.15, 0.2) is 0 Å². The summed E-state index contributed by atoms with van der Waals surface area (Å²) >= 11 is 0. The predicted molar refractivity (Wildman–Crippen MR) is 71.2 cm³/mol. The summed E-state index contributed by atoms with van der Waals surface area (Å²) in [6.07, 6.45) is 4.74. The van der Waals surface area contributed by atoms with Gasteiger partial charge < -0.3 is 10.1 Å². The summed E-state index contributed by atoms with van der Waals surface area (Å²) in [5.74, 6) is 1.63. The molecule has 96 valence electrons. The molecule has 0 aliphatic carbocycles. The van der Waals surface area contributed by atoms with Gasteiger partial charge in [0, 0.05) is 30.5 Å². The van der Waals surface area contributed by atoms with Gasteiger partial charge in [0.25, 0.3) is 0 Å². The number of pyridine rings is 1. The normalized spacial score (nSPS) is 11.2. The molecule has 0 spiro atoms. The number of hydrogen-bond acceptors (Lipinski definition) is 3. The molecular weight excluding hydrogens is 212 g/mol. The van der Waals surface area contributed by atoms with Crippen LogP contribution in [0.1, 0.15) is 39.7 Å². The summed E-state index contributed by atoms with van der Waals surface area (Å²) < 4.78 is 5.80. The summed E-state index contributed by atoms with van der Waals surface area (Å²) in [5.41, 5.74) is 1.13. The predicted octanol–water partition coefficient (Wildman–Crippen LogP) is 3.00. The highest BCUT2D eigenvalue weighted by molar-refractivity contribution is 5.29. The molecule has 0 atom stereocenters. The van der Waals surface area contributed by atoms with E-state index in [0.29, 0.717) is 12.0 Å². The van der Waals surface area contributed by atoms with E-state index in [1.165, 1.54) is 0 Å². The molecule has 0 unspecified atom stereocenters. The maximum Gasteiger partial charge on any atom is 0.126 e. The lowest BCUT2D eigenvalue weighted by Gasteiger charge is -2.13. The highest BCUT2D eigenvalue weighted by atomic mass is 16.5. The second-order valence-corrected chi connectivity index (χ2v) is 5.05. The molecule has 1 heterocycles. The minimum atomic E-state index is 0.471. The monoisotopic (exact) mass is 236 g/mol. The van der Waals surface area contributed by atoms with Gasteiger partial charge in [0.1, 0.15) is 5.75 Å². The molecule has 1 N–H and O–H groups in total. The van der Waals surface area contributed by atoms with Gasteiger partial charge in [-0.1, -0.05) is 27.7 Å². The topological polar surface area (TPSA) is 34.1 Å². The molecule has 0 saturated heterocycles. The van der Waals surface area contributed by atoms with Crippen molar-refractivity contribution in [2.24, 2.45) is 5.92 Å². The van der Waals surface area contributed by atoms with Crippen LogP contribution in [0.4, 0.5) is 0 Å². The number of nitrogens with zero attached hydrogens (tertiary/aromatic N) is 1. The lowest BCUT2D eigenvalue weighted by Crippen LogP contribution is -2.22. The zero-order chi connectivity index (χ0) is 12.7. The zero-order valence-electron chi connectivity index (χ0n) is 11.4. The highest BCUT2D eigenvalue weighted by Gasteiger charge is 2.04. The first-order valence-electron chi connectivity index (χ1n) is 6.38. The number of nitrogens with one attached hydrogen (secondary N) is 1. The van der Waals surface area contributed by atoms with Crippen LogP contribution < -0.4 is 10.1 Å². The van der Waals surface area contributed by atoms with Crippen LogP contribution in [-0.2, 0) is 6.54 Å². The summed E-state index contributed by atoms with van der Waals surface area (Å²) in [7, 11) is 0. The Morgan fingerprint density at radius 2 is 2.06 bits per heavy atom. The second-order valence-electron chi connectivity index (χ2n) is 5.05. The molecule has 1 rings (SSSR count). The Morgan fingerprint density at radius 3 is 2.71 bits per heavy atom. The Hall–Kier alpha value is -1.09. The third-order valence-corrected chi connectivity index (χ3v) is 2.51.